The lowest BCUT2D eigenvalue weighted by atomic mass is 10.1. The third kappa shape index (κ3) is 5.25. The van der Waals surface area contributed by atoms with E-state index >= 15 is 0 Å². The number of Topliss-reactive ketones (excluding diaryl/α,β-unsaturated/α-hetero) is 1. The van der Waals surface area contributed by atoms with Crippen LogP contribution in [0.15, 0.2) is 34.8 Å². The van der Waals surface area contributed by atoms with E-state index in [4.69, 9.17) is 4.74 Å². The van der Waals surface area contributed by atoms with Crippen LogP contribution < -0.4 is 0 Å². The summed E-state index contributed by atoms with van der Waals surface area (Å²) in [6.07, 6.45) is 0.761. The van der Waals surface area contributed by atoms with E-state index in [-0.39, 0.29) is 17.2 Å². The van der Waals surface area contributed by atoms with Crippen LogP contribution in [-0.2, 0) is 11.3 Å². The molecule has 0 aliphatic heterocycles. The minimum Gasteiger partial charge on any atom is -0.385 e. The number of benzene rings is 1. The average molecular weight is 434 g/mol. The number of methoxy groups -OCH3 is 1. The minimum absolute atomic E-state index is 0.0969. The Balaban J connectivity index is 1.77. The van der Waals surface area contributed by atoms with Crippen LogP contribution in [0.2, 0.25) is 0 Å². The number of aromatic nitrogens is 4. The standard InChI is InChI=1S/C18H19N5O4S2/c1-12-19-15(10-28-12)17-20-21-18(22(17)7-4-8-27-2)29-11-16(24)13-5-3-6-14(9-13)23(25)26/h3,5-6,9-10H,4,7-8,11H2,1-2H3. The van der Waals surface area contributed by atoms with Gasteiger partial charge >= 0.3 is 0 Å². The number of carbonyl (C=O) groups excluding carboxylic acids is 1. The lowest BCUT2D eigenvalue weighted by Gasteiger charge is -2.08. The van der Waals surface area contributed by atoms with Crippen molar-refractivity contribution < 1.29 is 14.5 Å². The van der Waals surface area contributed by atoms with Crippen LogP contribution in [0, 0.1) is 17.0 Å². The Morgan fingerprint density at radius 2 is 2.21 bits per heavy atom. The molecule has 0 unspecified atom stereocenters. The zero-order valence-corrected chi connectivity index (χ0v) is 17.5. The first kappa shape index (κ1) is 21.1. The molecule has 11 heteroatoms. The van der Waals surface area contributed by atoms with Gasteiger partial charge in [-0.15, -0.1) is 21.5 Å². The SMILES string of the molecule is COCCCn1c(SCC(=O)c2cccc([N+](=O)[O-])c2)nnc1-c1csc(C)n1. The highest BCUT2D eigenvalue weighted by Crippen LogP contribution is 2.26. The number of nitrogens with zero attached hydrogens (tertiary/aromatic N) is 5. The molecule has 0 aliphatic rings. The lowest BCUT2D eigenvalue weighted by Crippen LogP contribution is -2.08. The highest BCUT2D eigenvalue weighted by molar-refractivity contribution is 7.99. The van der Waals surface area contributed by atoms with E-state index in [2.05, 4.69) is 15.2 Å². The summed E-state index contributed by atoms with van der Waals surface area (Å²) in [7, 11) is 1.64. The number of hydrogen-bond acceptors (Lipinski definition) is 9. The Labute approximate surface area is 175 Å². The molecule has 152 valence electrons. The molecule has 0 aliphatic carbocycles. The van der Waals surface area contributed by atoms with Crippen molar-refractivity contribution in [1.29, 1.82) is 0 Å². The Morgan fingerprint density at radius 1 is 1.38 bits per heavy atom. The third-order valence-electron chi connectivity index (χ3n) is 4.01. The maximum absolute atomic E-state index is 12.5. The van der Waals surface area contributed by atoms with E-state index in [1.165, 1.54) is 41.3 Å². The molecule has 9 nitrogen and oxygen atoms in total. The van der Waals surface area contributed by atoms with E-state index < -0.39 is 4.92 Å². The second-order valence-corrected chi connectivity index (χ2v) is 8.08. The number of ketones is 1. The molecular weight excluding hydrogens is 414 g/mol. The first-order chi connectivity index (χ1) is 14.0. The molecule has 0 N–H and O–H groups in total. The van der Waals surface area contributed by atoms with Crippen molar-refractivity contribution in [2.45, 2.75) is 25.0 Å². The Morgan fingerprint density at radius 3 is 2.90 bits per heavy atom. The topological polar surface area (TPSA) is 113 Å². The van der Waals surface area contributed by atoms with E-state index in [9.17, 15) is 14.9 Å². The van der Waals surface area contributed by atoms with Gasteiger partial charge in [-0.3, -0.25) is 14.9 Å². The number of carbonyl (C=O) groups is 1. The van der Waals surface area contributed by atoms with Crippen LogP contribution in [-0.4, -0.2) is 49.9 Å². The van der Waals surface area contributed by atoms with Crippen molar-refractivity contribution in [1.82, 2.24) is 19.7 Å². The van der Waals surface area contributed by atoms with Gasteiger partial charge < -0.3 is 9.30 Å². The summed E-state index contributed by atoms with van der Waals surface area (Å²) in [4.78, 5) is 27.4. The van der Waals surface area contributed by atoms with Gasteiger partial charge in [0.25, 0.3) is 5.69 Å². The molecule has 3 aromatic rings. The highest BCUT2D eigenvalue weighted by Gasteiger charge is 2.18. The van der Waals surface area contributed by atoms with E-state index in [1.807, 2.05) is 16.9 Å². The molecule has 0 atom stereocenters. The number of non-ortho nitro benzene ring substituents is 1. The maximum atomic E-state index is 12.5. The Hall–Kier alpha value is -2.63. The molecule has 2 aromatic heterocycles. The van der Waals surface area contributed by atoms with E-state index in [1.54, 1.807) is 13.2 Å². The number of ether oxygens (including phenoxy) is 1. The first-order valence-corrected chi connectivity index (χ1v) is 10.6. The van der Waals surface area contributed by atoms with Gasteiger partial charge in [-0.2, -0.15) is 0 Å². The number of rotatable bonds is 10. The summed E-state index contributed by atoms with van der Waals surface area (Å²) >= 11 is 2.78. The Bertz CT molecular complexity index is 1020. The van der Waals surface area contributed by atoms with Gasteiger partial charge in [0.2, 0.25) is 0 Å². The largest absolute Gasteiger partial charge is 0.385 e. The molecular formula is C18H19N5O4S2. The predicted octanol–water partition coefficient (Wildman–Crippen LogP) is 3.63. The summed E-state index contributed by atoms with van der Waals surface area (Å²) in [5.74, 6) is 0.534. The van der Waals surface area contributed by atoms with Gasteiger partial charge in [-0.05, 0) is 13.3 Å². The zero-order valence-electron chi connectivity index (χ0n) is 15.9. The Kier molecular flexibility index (Phi) is 7.07. The van der Waals surface area contributed by atoms with Gasteiger partial charge in [0.15, 0.2) is 16.8 Å². The summed E-state index contributed by atoms with van der Waals surface area (Å²) in [6, 6.07) is 5.73. The second kappa shape index (κ2) is 9.72. The number of thiazole rings is 1. The monoisotopic (exact) mass is 433 g/mol. The molecule has 2 heterocycles. The normalized spacial score (nSPS) is 11.0. The molecule has 1 aromatic carbocycles. The molecule has 0 radical (unpaired) electrons. The van der Waals surface area contributed by atoms with Crippen molar-refractivity contribution in [3.8, 4) is 11.5 Å². The minimum atomic E-state index is -0.515. The highest BCUT2D eigenvalue weighted by atomic mass is 32.2. The second-order valence-electron chi connectivity index (χ2n) is 6.08. The van der Waals surface area contributed by atoms with Crippen LogP contribution in [0.5, 0.6) is 0 Å². The van der Waals surface area contributed by atoms with Crippen molar-refractivity contribution in [2.24, 2.45) is 0 Å². The maximum Gasteiger partial charge on any atom is 0.270 e. The third-order valence-corrected chi connectivity index (χ3v) is 5.75. The fourth-order valence-electron chi connectivity index (χ4n) is 2.63. The summed E-state index contributed by atoms with van der Waals surface area (Å²) < 4.78 is 7.06. The molecule has 0 saturated heterocycles. The fourth-order valence-corrected chi connectivity index (χ4v) is 4.08. The first-order valence-electron chi connectivity index (χ1n) is 8.74. The van der Waals surface area contributed by atoms with Crippen molar-refractivity contribution in [3.05, 3.63) is 50.3 Å². The number of nitro benzene ring substituents is 1. The average Bonchev–Trinajstić information content (AvgIpc) is 3.32. The van der Waals surface area contributed by atoms with Gasteiger partial charge in [0.1, 0.15) is 5.69 Å². The van der Waals surface area contributed by atoms with E-state index in [0.717, 1.165) is 17.1 Å². The molecule has 0 fully saturated rings. The van der Waals surface area contributed by atoms with Crippen LogP contribution in [0.4, 0.5) is 5.69 Å². The van der Waals surface area contributed by atoms with Crippen molar-refractivity contribution in [2.75, 3.05) is 19.5 Å². The molecule has 3 rings (SSSR count). The number of aryl methyl sites for hydroxylation is 1. The fraction of sp³-hybridized carbons (Fsp3) is 0.333. The lowest BCUT2D eigenvalue weighted by molar-refractivity contribution is -0.384. The molecule has 0 saturated carbocycles. The quantitative estimate of drug-likeness (QED) is 0.157. The van der Waals surface area contributed by atoms with Gasteiger partial charge in [0.05, 0.1) is 15.7 Å². The molecule has 29 heavy (non-hydrogen) atoms. The summed E-state index contributed by atoms with van der Waals surface area (Å²) in [5.41, 5.74) is 0.937. The number of nitro groups is 1. The van der Waals surface area contributed by atoms with E-state index in [0.29, 0.717) is 29.7 Å². The van der Waals surface area contributed by atoms with Crippen molar-refractivity contribution in [3.63, 3.8) is 0 Å². The van der Waals surface area contributed by atoms with Crippen LogP contribution in [0.1, 0.15) is 21.8 Å². The summed E-state index contributed by atoms with van der Waals surface area (Å²) in [6.45, 7) is 3.14. The zero-order chi connectivity index (χ0) is 20.8. The molecule has 0 amide bonds. The predicted molar refractivity (Wildman–Crippen MR) is 111 cm³/mol. The molecule has 0 spiro atoms. The van der Waals surface area contributed by atoms with Crippen LogP contribution in [0.3, 0.4) is 0 Å². The van der Waals surface area contributed by atoms with Crippen molar-refractivity contribution >= 4 is 34.6 Å². The van der Waals surface area contributed by atoms with Gasteiger partial charge in [0, 0.05) is 43.3 Å². The van der Waals surface area contributed by atoms with Crippen LogP contribution >= 0.6 is 23.1 Å². The number of hydrogen-bond donors (Lipinski definition) is 0. The van der Waals surface area contributed by atoms with Gasteiger partial charge in [-0.25, -0.2) is 4.98 Å². The number of thioether (sulfide) groups is 1. The summed E-state index contributed by atoms with van der Waals surface area (Å²) in [5, 5.41) is 22.9. The smallest absolute Gasteiger partial charge is 0.270 e. The molecule has 0 bridgehead atoms. The van der Waals surface area contributed by atoms with Crippen LogP contribution in [0.25, 0.3) is 11.5 Å². The van der Waals surface area contributed by atoms with Gasteiger partial charge in [-0.1, -0.05) is 23.9 Å².